The maximum absolute atomic E-state index is 9.22. The van der Waals surface area contributed by atoms with Crippen molar-refractivity contribution in [3.63, 3.8) is 0 Å². The number of quaternary nitrogens is 1. The zero-order valence-corrected chi connectivity index (χ0v) is 31.4. The Morgan fingerprint density at radius 2 is 0.705 bits per heavy atom. The van der Waals surface area contributed by atoms with Crippen molar-refractivity contribution in [2.75, 3.05) is 34.8 Å². The normalized spacial score (nSPS) is 12.1. The Morgan fingerprint density at radius 3 is 0.932 bits per heavy atom. The van der Waals surface area contributed by atoms with E-state index in [-0.39, 0.29) is 0 Å². The first-order valence-electron chi connectivity index (χ1n) is 19.1. The molecular weight excluding hydrogens is 566 g/mol. The van der Waals surface area contributed by atoms with Crippen LogP contribution in [0.1, 0.15) is 200 Å². The lowest BCUT2D eigenvalue weighted by Gasteiger charge is -2.23. The number of nitrogens with zero attached hydrogens (tertiary/aromatic N) is 1. The molecule has 0 aliphatic rings. The van der Waals surface area contributed by atoms with E-state index in [1.54, 1.807) is 0 Å². The predicted molar refractivity (Wildman–Crippen MR) is 193 cm³/mol. The quantitative estimate of drug-likeness (QED) is 0.0234. The molecule has 0 heterocycles. The largest absolute Gasteiger partial charge is 0.726 e. The first-order valence-corrected chi connectivity index (χ1v) is 20.4. The minimum Gasteiger partial charge on any atom is -0.726 e. The summed E-state index contributed by atoms with van der Waals surface area (Å²) in [6.07, 6.45) is 48.4. The van der Waals surface area contributed by atoms with Crippen LogP contribution < -0.4 is 0 Å². The van der Waals surface area contributed by atoms with Crippen LogP contribution in [0.2, 0.25) is 0 Å². The van der Waals surface area contributed by atoms with Gasteiger partial charge in [0, 0.05) is 0 Å². The Balaban J connectivity index is 0. The van der Waals surface area contributed by atoms with E-state index in [9.17, 15) is 13.0 Å². The van der Waals surface area contributed by atoms with E-state index < -0.39 is 10.4 Å². The van der Waals surface area contributed by atoms with Crippen LogP contribution in [0.3, 0.4) is 0 Å². The second kappa shape index (κ2) is 35.4. The number of allylic oxidation sites excluding steroid dienone is 2. The molecule has 0 atom stereocenters. The van der Waals surface area contributed by atoms with E-state index in [0.29, 0.717) is 0 Å². The fourth-order valence-electron chi connectivity index (χ4n) is 5.66. The molecule has 0 aliphatic heterocycles. The van der Waals surface area contributed by atoms with Gasteiger partial charge in [-0.3, -0.25) is 4.18 Å². The third kappa shape index (κ3) is 48.5. The first kappa shape index (κ1) is 45.7. The highest BCUT2D eigenvalue weighted by molar-refractivity contribution is 7.80. The van der Waals surface area contributed by atoms with Gasteiger partial charge in [0.25, 0.3) is 0 Å². The van der Waals surface area contributed by atoms with Crippen molar-refractivity contribution in [3.8, 4) is 0 Å². The Kier molecular flexibility index (Phi) is 36.8. The van der Waals surface area contributed by atoms with Crippen LogP contribution in [0.15, 0.2) is 12.2 Å². The molecular formula is C38H79NO4S. The van der Waals surface area contributed by atoms with Crippen LogP contribution in [0.25, 0.3) is 0 Å². The Morgan fingerprint density at radius 1 is 0.477 bits per heavy atom. The van der Waals surface area contributed by atoms with E-state index >= 15 is 0 Å². The average Bonchev–Trinajstić information content (AvgIpc) is 2.97. The summed E-state index contributed by atoms with van der Waals surface area (Å²) in [5.41, 5.74) is 0. The van der Waals surface area contributed by atoms with Gasteiger partial charge in [-0.25, -0.2) is 8.42 Å². The molecule has 0 saturated carbocycles. The Labute approximate surface area is 277 Å². The highest BCUT2D eigenvalue weighted by atomic mass is 32.3. The van der Waals surface area contributed by atoms with Crippen molar-refractivity contribution in [2.45, 2.75) is 200 Å². The summed E-state index contributed by atoms with van der Waals surface area (Å²) in [4.78, 5) is 0. The summed E-state index contributed by atoms with van der Waals surface area (Å²) in [6, 6.07) is 0. The summed E-state index contributed by atoms with van der Waals surface area (Å²) in [6.45, 7) is 3.63. The number of rotatable bonds is 33. The summed E-state index contributed by atoms with van der Waals surface area (Å²) in [5.74, 6) is 0. The highest BCUT2D eigenvalue weighted by Crippen LogP contribution is 2.16. The lowest BCUT2D eigenvalue weighted by molar-refractivity contribution is -0.870. The molecule has 0 aromatic carbocycles. The Hall–Kier alpha value is -0.430. The molecule has 0 saturated heterocycles. The second-order valence-corrected chi connectivity index (χ2v) is 15.3. The molecule has 0 aliphatic carbocycles. The number of hydrogen-bond donors (Lipinski definition) is 0. The maximum atomic E-state index is 9.22. The zero-order chi connectivity index (χ0) is 33.0. The molecule has 0 aromatic heterocycles. The zero-order valence-electron chi connectivity index (χ0n) is 30.6. The molecule has 6 heteroatoms. The van der Waals surface area contributed by atoms with Crippen LogP contribution in [0.4, 0.5) is 0 Å². The molecule has 0 unspecified atom stereocenters. The van der Waals surface area contributed by atoms with E-state index in [1.165, 1.54) is 199 Å². The van der Waals surface area contributed by atoms with Crippen LogP contribution in [-0.4, -0.2) is 52.3 Å². The van der Waals surface area contributed by atoms with Gasteiger partial charge in [-0.05, 0) is 38.5 Å². The average molecular weight is 646 g/mol. The van der Waals surface area contributed by atoms with Crippen molar-refractivity contribution in [2.24, 2.45) is 0 Å². The molecule has 266 valence electrons. The van der Waals surface area contributed by atoms with Crippen LogP contribution in [0, 0.1) is 0 Å². The van der Waals surface area contributed by atoms with Crippen molar-refractivity contribution < 1.29 is 21.6 Å². The SMILES string of the molecule is CCCCCCCCCCCCCCCCCCCCCCCC/C=C\CCCCCCCC[N+](C)(C)C.COS(=O)(=O)[O-]. The summed E-state index contributed by atoms with van der Waals surface area (Å²) in [7, 11) is 3.30. The second-order valence-electron chi connectivity index (χ2n) is 14.2. The monoisotopic (exact) mass is 646 g/mol. The van der Waals surface area contributed by atoms with Gasteiger partial charge in [0.05, 0.1) is 34.8 Å². The standard InChI is InChI=1S/C37H76N.CH4O4S/c1-5-6-7-8-9-10-11-12-13-14-15-16-17-18-19-20-21-22-23-24-25-26-27-28-29-30-31-32-33-34-35-36-37-38(2,3)4;1-5-6(2,3)4/h28-29H,5-27,30-37H2,1-4H3;1H3,(H,2,3,4)/q+1;/p-1/b29-28-;. The molecule has 0 spiro atoms. The Bertz CT molecular complexity index is 673. The van der Waals surface area contributed by atoms with Gasteiger partial charge >= 0.3 is 0 Å². The molecule has 0 radical (unpaired) electrons. The smallest absolute Gasteiger partial charge is 0.217 e. The third-order valence-electron chi connectivity index (χ3n) is 8.54. The van der Waals surface area contributed by atoms with Gasteiger partial charge in [0.2, 0.25) is 10.4 Å². The van der Waals surface area contributed by atoms with Crippen molar-refractivity contribution in [1.29, 1.82) is 0 Å². The summed E-state index contributed by atoms with van der Waals surface area (Å²) < 4.78 is 32.1. The third-order valence-corrected chi connectivity index (χ3v) is 8.95. The van der Waals surface area contributed by atoms with E-state index in [2.05, 4.69) is 44.4 Å². The van der Waals surface area contributed by atoms with Gasteiger partial charge in [-0.15, -0.1) is 0 Å². The summed E-state index contributed by atoms with van der Waals surface area (Å²) >= 11 is 0. The van der Waals surface area contributed by atoms with Crippen molar-refractivity contribution in [3.05, 3.63) is 12.2 Å². The minimum absolute atomic E-state index is 0.808. The maximum Gasteiger partial charge on any atom is 0.217 e. The molecule has 0 fully saturated rings. The lowest BCUT2D eigenvalue weighted by Crippen LogP contribution is -2.35. The van der Waals surface area contributed by atoms with E-state index in [4.69, 9.17) is 0 Å². The van der Waals surface area contributed by atoms with Crippen molar-refractivity contribution in [1.82, 2.24) is 0 Å². The fraction of sp³-hybridized carbons (Fsp3) is 0.947. The lowest BCUT2D eigenvalue weighted by atomic mass is 10.0. The van der Waals surface area contributed by atoms with E-state index in [0.717, 1.165) is 11.6 Å². The fourth-order valence-corrected chi connectivity index (χ4v) is 5.66. The molecule has 44 heavy (non-hydrogen) atoms. The molecule has 5 nitrogen and oxygen atoms in total. The van der Waals surface area contributed by atoms with Gasteiger partial charge in [0.15, 0.2) is 0 Å². The van der Waals surface area contributed by atoms with Gasteiger partial charge < -0.3 is 9.04 Å². The molecule has 0 amide bonds. The van der Waals surface area contributed by atoms with Crippen molar-refractivity contribution >= 4 is 10.4 Å². The van der Waals surface area contributed by atoms with Crippen LogP contribution >= 0.6 is 0 Å². The van der Waals surface area contributed by atoms with Gasteiger partial charge in [0.1, 0.15) is 0 Å². The molecule has 0 aromatic rings. The topological polar surface area (TPSA) is 66.4 Å². The van der Waals surface area contributed by atoms with Crippen LogP contribution in [-0.2, 0) is 14.6 Å². The van der Waals surface area contributed by atoms with E-state index in [1.807, 2.05) is 0 Å². The van der Waals surface area contributed by atoms with Crippen LogP contribution in [0.5, 0.6) is 0 Å². The predicted octanol–water partition coefficient (Wildman–Crippen LogP) is 12.1. The summed E-state index contributed by atoms with van der Waals surface area (Å²) in [5, 5.41) is 0. The van der Waals surface area contributed by atoms with Gasteiger partial charge in [-0.1, -0.05) is 173 Å². The highest BCUT2D eigenvalue weighted by Gasteiger charge is 2.05. The number of unbranched alkanes of at least 4 members (excludes halogenated alkanes) is 28. The molecule has 0 bridgehead atoms. The minimum atomic E-state index is -4.41. The first-order chi connectivity index (χ1) is 21.1. The van der Waals surface area contributed by atoms with Gasteiger partial charge in [-0.2, -0.15) is 0 Å². The molecule has 0 rings (SSSR count). The molecule has 0 N–H and O–H groups in total. The number of hydrogen-bond acceptors (Lipinski definition) is 4.